The van der Waals surface area contributed by atoms with Crippen molar-refractivity contribution in [3.63, 3.8) is 0 Å². The highest BCUT2D eigenvalue weighted by Crippen LogP contribution is 2.19. The molecule has 0 saturated heterocycles. The van der Waals surface area contributed by atoms with Crippen LogP contribution < -0.4 is 0 Å². The number of hydrogen-bond acceptors (Lipinski definition) is 1. The molecule has 0 amide bonds. The van der Waals surface area contributed by atoms with Crippen molar-refractivity contribution in [1.29, 1.82) is 0 Å². The summed E-state index contributed by atoms with van der Waals surface area (Å²) in [6.45, 7) is 0. The quantitative estimate of drug-likeness (QED) is 0.662. The van der Waals surface area contributed by atoms with Crippen LogP contribution in [0.3, 0.4) is 0 Å². The SMILES string of the molecule is C(Cc1ccccc1)=NC1CCCCC1. The van der Waals surface area contributed by atoms with Crippen LogP contribution in [0.25, 0.3) is 0 Å². The second-order valence-electron chi connectivity index (χ2n) is 4.31. The van der Waals surface area contributed by atoms with Crippen LogP contribution in [0.4, 0.5) is 0 Å². The van der Waals surface area contributed by atoms with Crippen molar-refractivity contribution in [2.75, 3.05) is 0 Å². The van der Waals surface area contributed by atoms with E-state index in [2.05, 4.69) is 41.5 Å². The maximum absolute atomic E-state index is 4.65. The van der Waals surface area contributed by atoms with E-state index < -0.39 is 0 Å². The molecule has 80 valence electrons. The number of benzene rings is 1. The third-order valence-corrected chi connectivity index (χ3v) is 3.06. The van der Waals surface area contributed by atoms with Gasteiger partial charge in [-0.3, -0.25) is 4.99 Å². The molecule has 0 atom stereocenters. The minimum absolute atomic E-state index is 0.613. The first-order chi connectivity index (χ1) is 7.45. The topological polar surface area (TPSA) is 12.4 Å². The van der Waals surface area contributed by atoms with Gasteiger partial charge in [0.2, 0.25) is 0 Å². The molecule has 0 radical (unpaired) electrons. The molecule has 1 aliphatic rings. The van der Waals surface area contributed by atoms with Gasteiger partial charge in [-0.1, -0.05) is 49.6 Å². The van der Waals surface area contributed by atoms with Gasteiger partial charge in [0, 0.05) is 18.7 Å². The molecule has 2 rings (SSSR count). The van der Waals surface area contributed by atoms with Gasteiger partial charge in [0.05, 0.1) is 0 Å². The highest BCUT2D eigenvalue weighted by molar-refractivity contribution is 5.61. The Hall–Kier alpha value is -1.11. The average molecular weight is 201 g/mol. The van der Waals surface area contributed by atoms with Crippen molar-refractivity contribution in [2.45, 2.75) is 44.6 Å². The first kappa shape index (κ1) is 10.4. The summed E-state index contributed by atoms with van der Waals surface area (Å²) in [6.07, 6.45) is 9.82. The Morgan fingerprint density at radius 1 is 1.07 bits per heavy atom. The molecule has 1 nitrogen and oxygen atoms in total. The van der Waals surface area contributed by atoms with E-state index in [9.17, 15) is 0 Å². The Bertz CT molecular complexity index is 296. The Morgan fingerprint density at radius 3 is 2.53 bits per heavy atom. The molecule has 0 heterocycles. The first-order valence-corrected chi connectivity index (χ1v) is 6.01. The predicted molar refractivity (Wildman–Crippen MR) is 65.5 cm³/mol. The molecule has 1 saturated carbocycles. The summed E-state index contributed by atoms with van der Waals surface area (Å²) in [5.74, 6) is 0. The molecular weight excluding hydrogens is 182 g/mol. The second kappa shape index (κ2) is 5.69. The van der Waals surface area contributed by atoms with Crippen molar-refractivity contribution >= 4 is 6.21 Å². The summed E-state index contributed by atoms with van der Waals surface area (Å²) < 4.78 is 0. The molecule has 1 fully saturated rings. The molecule has 0 spiro atoms. The zero-order valence-corrected chi connectivity index (χ0v) is 9.23. The summed E-state index contributed by atoms with van der Waals surface area (Å²) in [5, 5.41) is 0. The molecule has 1 aliphatic carbocycles. The number of aliphatic imine (C=N–C) groups is 1. The van der Waals surface area contributed by atoms with Crippen LogP contribution in [0, 0.1) is 0 Å². The van der Waals surface area contributed by atoms with Crippen molar-refractivity contribution in [1.82, 2.24) is 0 Å². The fourth-order valence-corrected chi connectivity index (χ4v) is 2.15. The van der Waals surface area contributed by atoms with Gasteiger partial charge in [-0.15, -0.1) is 0 Å². The molecule has 0 aliphatic heterocycles. The lowest BCUT2D eigenvalue weighted by Crippen LogP contribution is -2.09. The minimum atomic E-state index is 0.613. The molecule has 0 aromatic heterocycles. The highest BCUT2D eigenvalue weighted by Gasteiger charge is 2.10. The van der Waals surface area contributed by atoms with Crippen LogP contribution in [0.15, 0.2) is 35.3 Å². The largest absolute Gasteiger partial charge is 0.294 e. The van der Waals surface area contributed by atoms with Gasteiger partial charge in [-0.2, -0.15) is 0 Å². The van der Waals surface area contributed by atoms with E-state index in [0.717, 1.165) is 6.42 Å². The van der Waals surface area contributed by atoms with Crippen LogP contribution in [0.5, 0.6) is 0 Å². The zero-order valence-electron chi connectivity index (χ0n) is 9.23. The van der Waals surface area contributed by atoms with Crippen molar-refractivity contribution in [2.24, 2.45) is 4.99 Å². The second-order valence-corrected chi connectivity index (χ2v) is 4.31. The molecule has 0 N–H and O–H groups in total. The van der Waals surface area contributed by atoms with E-state index in [1.165, 1.54) is 37.7 Å². The fraction of sp³-hybridized carbons (Fsp3) is 0.500. The van der Waals surface area contributed by atoms with Crippen LogP contribution in [-0.4, -0.2) is 12.3 Å². The van der Waals surface area contributed by atoms with Crippen molar-refractivity contribution in [3.05, 3.63) is 35.9 Å². The predicted octanol–water partition coefficient (Wildman–Crippen LogP) is 3.63. The van der Waals surface area contributed by atoms with E-state index in [4.69, 9.17) is 0 Å². The lowest BCUT2D eigenvalue weighted by atomic mass is 9.96. The molecule has 1 heteroatoms. The number of nitrogens with zero attached hydrogens (tertiary/aromatic N) is 1. The fourth-order valence-electron chi connectivity index (χ4n) is 2.15. The number of rotatable bonds is 3. The Labute approximate surface area is 92.2 Å². The summed E-state index contributed by atoms with van der Waals surface area (Å²) >= 11 is 0. The summed E-state index contributed by atoms with van der Waals surface area (Å²) in [6, 6.07) is 11.2. The van der Waals surface area contributed by atoms with Crippen molar-refractivity contribution in [3.8, 4) is 0 Å². The van der Waals surface area contributed by atoms with Gasteiger partial charge in [-0.05, 0) is 18.4 Å². The van der Waals surface area contributed by atoms with Gasteiger partial charge in [0.15, 0.2) is 0 Å². The normalized spacial score (nSPS) is 18.4. The van der Waals surface area contributed by atoms with Crippen LogP contribution in [0.1, 0.15) is 37.7 Å². The van der Waals surface area contributed by atoms with Gasteiger partial charge in [0.25, 0.3) is 0 Å². The molecule has 0 bridgehead atoms. The molecule has 1 aromatic rings. The van der Waals surface area contributed by atoms with E-state index in [0.29, 0.717) is 6.04 Å². The Morgan fingerprint density at radius 2 is 1.80 bits per heavy atom. The Balaban J connectivity index is 1.79. The molecule has 15 heavy (non-hydrogen) atoms. The van der Waals surface area contributed by atoms with E-state index in [-0.39, 0.29) is 0 Å². The summed E-state index contributed by atoms with van der Waals surface area (Å²) in [5.41, 5.74) is 1.36. The van der Waals surface area contributed by atoms with E-state index >= 15 is 0 Å². The monoisotopic (exact) mass is 201 g/mol. The van der Waals surface area contributed by atoms with Gasteiger partial charge in [-0.25, -0.2) is 0 Å². The summed E-state index contributed by atoms with van der Waals surface area (Å²) in [7, 11) is 0. The first-order valence-electron chi connectivity index (χ1n) is 6.01. The van der Waals surface area contributed by atoms with Gasteiger partial charge in [0.1, 0.15) is 0 Å². The third-order valence-electron chi connectivity index (χ3n) is 3.06. The average Bonchev–Trinajstić information content (AvgIpc) is 2.32. The zero-order chi connectivity index (χ0) is 10.3. The van der Waals surface area contributed by atoms with Gasteiger partial charge < -0.3 is 0 Å². The lowest BCUT2D eigenvalue weighted by Gasteiger charge is -2.17. The summed E-state index contributed by atoms with van der Waals surface area (Å²) in [4.78, 5) is 4.65. The smallest absolute Gasteiger partial charge is 0.0495 e. The van der Waals surface area contributed by atoms with Crippen LogP contribution in [-0.2, 0) is 6.42 Å². The molecule has 0 unspecified atom stereocenters. The van der Waals surface area contributed by atoms with Crippen molar-refractivity contribution < 1.29 is 0 Å². The maximum atomic E-state index is 4.65. The molecular formula is C14H19N. The third kappa shape index (κ3) is 3.50. The van der Waals surface area contributed by atoms with Crippen LogP contribution >= 0.6 is 0 Å². The Kier molecular flexibility index (Phi) is 3.95. The highest BCUT2D eigenvalue weighted by atomic mass is 14.8. The molecule has 1 aromatic carbocycles. The van der Waals surface area contributed by atoms with Crippen LogP contribution in [0.2, 0.25) is 0 Å². The van der Waals surface area contributed by atoms with E-state index in [1.807, 2.05) is 0 Å². The van der Waals surface area contributed by atoms with E-state index in [1.54, 1.807) is 0 Å². The minimum Gasteiger partial charge on any atom is -0.294 e. The maximum Gasteiger partial charge on any atom is 0.0495 e. The lowest BCUT2D eigenvalue weighted by molar-refractivity contribution is 0.444. The number of hydrogen-bond donors (Lipinski definition) is 0. The standard InChI is InChI=1S/C14H19N/c1-3-7-13(8-4-1)11-12-15-14-9-5-2-6-10-14/h1,3-4,7-8,12,14H,2,5-6,9-11H2. The van der Waals surface area contributed by atoms with Gasteiger partial charge >= 0.3 is 0 Å².